The number of non-ortho nitro benzene ring substituents is 1. The SMILES string of the molecule is C/C(N=Nc1ccc([N+](=O)[O-])cc1[N+](=O)[O-])=C1/C(=O)ONN1c1ccccc1. The molecule has 12 heteroatoms. The lowest BCUT2D eigenvalue weighted by Crippen LogP contribution is -2.29. The monoisotopic (exact) mass is 384 g/mol. The molecule has 142 valence electrons. The molecule has 1 saturated heterocycles. The van der Waals surface area contributed by atoms with Crippen LogP contribution in [0.2, 0.25) is 0 Å². The van der Waals surface area contributed by atoms with Crippen molar-refractivity contribution in [1.82, 2.24) is 5.59 Å². The molecule has 28 heavy (non-hydrogen) atoms. The van der Waals surface area contributed by atoms with Crippen molar-refractivity contribution in [1.29, 1.82) is 0 Å². The number of carbonyl (C=O) groups is 1. The van der Waals surface area contributed by atoms with Crippen LogP contribution in [0, 0.1) is 20.2 Å². The Morgan fingerprint density at radius 3 is 2.46 bits per heavy atom. The molecular weight excluding hydrogens is 372 g/mol. The smallest absolute Gasteiger partial charge is 0.345 e. The molecule has 12 nitrogen and oxygen atoms in total. The zero-order valence-corrected chi connectivity index (χ0v) is 14.3. The number of allylic oxidation sites excluding steroid dienone is 1. The molecule has 0 atom stereocenters. The van der Waals surface area contributed by atoms with Crippen molar-refractivity contribution in [3.05, 3.63) is 80.2 Å². The van der Waals surface area contributed by atoms with Gasteiger partial charge in [0, 0.05) is 6.07 Å². The molecule has 2 aromatic rings. The van der Waals surface area contributed by atoms with Crippen molar-refractivity contribution in [3.63, 3.8) is 0 Å². The van der Waals surface area contributed by atoms with Crippen LogP contribution >= 0.6 is 0 Å². The summed E-state index contributed by atoms with van der Waals surface area (Å²) in [7, 11) is 0. The third-order valence-corrected chi connectivity index (χ3v) is 3.68. The van der Waals surface area contributed by atoms with Gasteiger partial charge in [0.2, 0.25) is 0 Å². The summed E-state index contributed by atoms with van der Waals surface area (Å²) in [5, 5.41) is 30.9. The molecule has 0 aliphatic carbocycles. The fourth-order valence-electron chi connectivity index (χ4n) is 2.37. The van der Waals surface area contributed by atoms with Gasteiger partial charge in [-0.1, -0.05) is 23.8 Å². The zero-order valence-electron chi connectivity index (χ0n) is 14.3. The first-order chi connectivity index (χ1) is 13.4. The Bertz CT molecular complexity index is 1020. The van der Waals surface area contributed by atoms with Crippen LogP contribution < -0.4 is 10.6 Å². The number of nitro benzene ring substituents is 2. The standard InChI is InChI=1S/C16H12N6O6/c1-10(15-16(23)28-19-20(15)11-5-3-2-4-6-11)17-18-13-8-7-12(21(24)25)9-14(13)22(26)27/h2-9,19H,1H3/b15-10+,18-17?. The third-order valence-electron chi connectivity index (χ3n) is 3.68. The summed E-state index contributed by atoms with van der Waals surface area (Å²) in [5.74, 6) is -0.710. The first-order valence-electron chi connectivity index (χ1n) is 7.76. The highest BCUT2D eigenvalue weighted by Crippen LogP contribution is 2.32. The van der Waals surface area contributed by atoms with E-state index in [0.717, 1.165) is 18.2 Å². The van der Waals surface area contributed by atoms with Crippen molar-refractivity contribution < 1.29 is 19.5 Å². The number of nitrogens with zero attached hydrogens (tertiary/aromatic N) is 5. The molecule has 0 spiro atoms. The van der Waals surface area contributed by atoms with Crippen LogP contribution in [-0.2, 0) is 9.63 Å². The van der Waals surface area contributed by atoms with Crippen molar-refractivity contribution in [2.24, 2.45) is 10.2 Å². The van der Waals surface area contributed by atoms with E-state index in [1.807, 2.05) is 0 Å². The van der Waals surface area contributed by atoms with Gasteiger partial charge in [-0.3, -0.25) is 20.2 Å². The quantitative estimate of drug-likeness (QED) is 0.356. The van der Waals surface area contributed by atoms with Gasteiger partial charge in [-0.25, -0.2) is 9.80 Å². The Morgan fingerprint density at radius 2 is 1.82 bits per heavy atom. The van der Waals surface area contributed by atoms with Crippen LogP contribution in [-0.4, -0.2) is 15.8 Å². The number of hydrogen-bond donors (Lipinski definition) is 1. The van der Waals surface area contributed by atoms with Gasteiger partial charge < -0.3 is 4.84 Å². The first-order valence-corrected chi connectivity index (χ1v) is 7.76. The number of nitrogens with one attached hydrogen (secondary N) is 1. The van der Waals surface area contributed by atoms with Crippen LogP contribution in [0.1, 0.15) is 6.92 Å². The highest BCUT2D eigenvalue weighted by atomic mass is 16.7. The van der Waals surface area contributed by atoms with Crippen LogP contribution in [0.25, 0.3) is 0 Å². The van der Waals surface area contributed by atoms with Crippen LogP contribution in [0.4, 0.5) is 22.7 Å². The van der Waals surface area contributed by atoms with Gasteiger partial charge >= 0.3 is 11.7 Å². The number of para-hydroxylation sites is 1. The number of rotatable bonds is 5. The van der Waals surface area contributed by atoms with E-state index in [1.54, 1.807) is 30.3 Å². The van der Waals surface area contributed by atoms with Gasteiger partial charge in [0.05, 0.1) is 27.3 Å². The Labute approximate surface area is 157 Å². The molecule has 0 bridgehead atoms. The Hall–Kier alpha value is -4.19. The number of carbonyl (C=O) groups excluding carboxylic acids is 1. The van der Waals surface area contributed by atoms with Gasteiger partial charge in [-0.2, -0.15) is 5.11 Å². The minimum absolute atomic E-state index is 0.0412. The van der Waals surface area contributed by atoms with Gasteiger partial charge in [0.25, 0.3) is 5.69 Å². The fourth-order valence-corrected chi connectivity index (χ4v) is 2.37. The van der Waals surface area contributed by atoms with E-state index in [1.165, 1.54) is 11.9 Å². The molecule has 0 radical (unpaired) electrons. The molecule has 1 aliphatic heterocycles. The summed E-state index contributed by atoms with van der Waals surface area (Å²) < 4.78 is 0. The predicted molar refractivity (Wildman–Crippen MR) is 95.1 cm³/mol. The van der Waals surface area contributed by atoms with Crippen molar-refractivity contribution in [2.75, 3.05) is 5.01 Å². The van der Waals surface area contributed by atoms with E-state index in [4.69, 9.17) is 4.84 Å². The van der Waals surface area contributed by atoms with Crippen molar-refractivity contribution >= 4 is 28.7 Å². The van der Waals surface area contributed by atoms with Crippen molar-refractivity contribution in [3.8, 4) is 0 Å². The van der Waals surface area contributed by atoms with Crippen LogP contribution in [0.3, 0.4) is 0 Å². The number of hydrogen-bond acceptors (Lipinski definition) is 10. The largest absolute Gasteiger partial charge is 0.378 e. The highest BCUT2D eigenvalue weighted by molar-refractivity contribution is 5.95. The summed E-state index contributed by atoms with van der Waals surface area (Å²) >= 11 is 0. The number of benzene rings is 2. The van der Waals surface area contributed by atoms with Crippen LogP contribution in [0.15, 0.2) is 70.2 Å². The fraction of sp³-hybridized carbons (Fsp3) is 0.0625. The molecule has 1 aliphatic rings. The number of hydrazine groups is 1. The maximum atomic E-state index is 12.0. The minimum Gasteiger partial charge on any atom is -0.345 e. The summed E-state index contributed by atoms with van der Waals surface area (Å²) in [6, 6.07) is 11.7. The number of anilines is 1. The third kappa shape index (κ3) is 3.66. The molecule has 1 fully saturated rings. The average Bonchev–Trinajstić information content (AvgIpc) is 3.08. The maximum Gasteiger partial charge on any atom is 0.378 e. The molecule has 3 rings (SSSR count). The molecule has 0 amide bonds. The number of azo groups is 1. The minimum atomic E-state index is -0.800. The lowest BCUT2D eigenvalue weighted by Gasteiger charge is -2.15. The van der Waals surface area contributed by atoms with Crippen molar-refractivity contribution in [2.45, 2.75) is 6.92 Å². The Kier molecular flexibility index (Phi) is 5.04. The van der Waals surface area contributed by atoms with Crippen LogP contribution in [0.5, 0.6) is 0 Å². The van der Waals surface area contributed by atoms with E-state index in [-0.39, 0.29) is 17.1 Å². The van der Waals surface area contributed by atoms with E-state index in [2.05, 4.69) is 15.8 Å². The summed E-state index contributed by atoms with van der Waals surface area (Å²) in [4.78, 5) is 37.2. The second-order valence-corrected chi connectivity index (χ2v) is 5.47. The first kappa shape index (κ1) is 18.6. The van der Waals surface area contributed by atoms with E-state index in [0.29, 0.717) is 5.69 Å². The molecule has 1 heterocycles. The highest BCUT2D eigenvalue weighted by Gasteiger charge is 2.31. The van der Waals surface area contributed by atoms with Gasteiger partial charge in [0.1, 0.15) is 0 Å². The molecule has 1 N–H and O–H groups in total. The maximum absolute atomic E-state index is 12.0. The molecule has 0 unspecified atom stereocenters. The summed E-state index contributed by atoms with van der Waals surface area (Å²) in [6.07, 6.45) is 0. The summed E-state index contributed by atoms with van der Waals surface area (Å²) in [5.41, 5.74) is 1.98. The lowest BCUT2D eigenvalue weighted by molar-refractivity contribution is -0.393. The second-order valence-electron chi connectivity index (χ2n) is 5.47. The predicted octanol–water partition coefficient (Wildman–Crippen LogP) is 3.30. The van der Waals surface area contributed by atoms with E-state index >= 15 is 0 Å². The lowest BCUT2D eigenvalue weighted by atomic mass is 10.2. The zero-order chi connectivity index (χ0) is 20.3. The molecule has 0 saturated carbocycles. The summed E-state index contributed by atoms with van der Waals surface area (Å²) in [6.45, 7) is 1.47. The van der Waals surface area contributed by atoms with E-state index in [9.17, 15) is 25.0 Å². The van der Waals surface area contributed by atoms with Gasteiger partial charge in [-0.05, 0) is 25.1 Å². The number of nitro groups is 2. The average molecular weight is 384 g/mol. The normalized spacial score (nSPS) is 15.6. The molecule has 0 aromatic heterocycles. The molecule has 2 aromatic carbocycles. The Morgan fingerprint density at radius 1 is 1.11 bits per heavy atom. The van der Waals surface area contributed by atoms with Gasteiger partial charge in [0.15, 0.2) is 11.4 Å². The topological polar surface area (TPSA) is 153 Å². The van der Waals surface area contributed by atoms with E-state index < -0.39 is 27.2 Å². The Balaban J connectivity index is 1.98. The second kappa shape index (κ2) is 7.59. The van der Waals surface area contributed by atoms with Gasteiger partial charge in [-0.15, -0.1) is 5.11 Å². The molecular formula is C16H12N6O6.